The van der Waals surface area contributed by atoms with E-state index in [4.69, 9.17) is 5.26 Å². The number of hydrogen-bond acceptors (Lipinski definition) is 3. The van der Waals surface area contributed by atoms with Crippen LogP contribution in [0.25, 0.3) is 0 Å². The molecule has 0 unspecified atom stereocenters. The van der Waals surface area contributed by atoms with Gasteiger partial charge >= 0.3 is 0 Å². The third kappa shape index (κ3) is 2.48. The van der Waals surface area contributed by atoms with E-state index < -0.39 is 6.17 Å². The Hall–Kier alpha value is -1.38. The van der Waals surface area contributed by atoms with E-state index in [1.807, 2.05) is 18.1 Å². The van der Waals surface area contributed by atoms with Crippen LogP contribution in [0.3, 0.4) is 0 Å². The van der Waals surface area contributed by atoms with Crippen molar-refractivity contribution in [1.82, 2.24) is 9.47 Å². The normalized spacial score (nSPS) is 25.1. The standard InChI is InChI=1S/C12H16FN3O/c1-15-5-9(2-11(15)4-14)6-16-7-10(13)3-12(16)8-17/h2,5,10,12,17H,3,6-8H2,1H3/t10-,12-/m0/s1. The molecule has 0 aliphatic carbocycles. The Labute approximate surface area is 99.9 Å². The molecule has 1 N–H and O–H groups in total. The summed E-state index contributed by atoms with van der Waals surface area (Å²) in [4.78, 5) is 1.93. The molecule has 0 amide bonds. The number of nitriles is 1. The second-order valence-electron chi connectivity index (χ2n) is 4.56. The maximum atomic E-state index is 13.3. The molecule has 2 heterocycles. The number of nitrogens with zero attached hydrogens (tertiary/aromatic N) is 3. The number of aromatic nitrogens is 1. The van der Waals surface area contributed by atoms with E-state index in [0.717, 1.165) is 5.56 Å². The number of aryl methyl sites for hydroxylation is 1. The van der Waals surface area contributed by atoms with Crippen LogP contribution in [0.2, 0.25) is 0 Å². The van der Waals surface area contributed by atoms with Gasteiger partial charge < -0.3 is 9.67 Å². The third-order valence-electron chi connectivity index (χ3n) is 3.25. The highest BCUT2D eigenvalue weighted by Gasteiger charge is 2.31. The predicted molar refractivity (Wildman–Crippen MR) is 60.9 cm³/mol. The minimum absolute atomic E-state index is 0.0155. The van der Waals surface area contributed by atoms with Gasteiger partial charge in [0.2, 0.25) is 0 Å². The van der Waals surface area contributed by atoms with Crippen molar-refractivity contribution in [2.75, 3.05) is 13.2 Å². The van der Waals surface area contributed by atoms with Gasteiger partial charge in [-0.3, -0.25) is 4.90 Å². The molecular formula is C12H16FN3O. The molecule has 1 saturated heterocycles. The third-order valence-corrected chi connectivity index (χ3v) is 3.25. The molecule has 0 spiro atoms. The van der Waals surface area contributed by atoms with Gasteiger partial charge in [-0.25, -0.2) is 4.39 Å². The first-order valence-corrected chi connectivity index (χ1v) is 5.68. The number of aliphatic hydroxyl groups excluding tert-OH is 1. The lowest BCUT2D eigenvalue weighted by Crippen LogP contribution is -2.31. The molecule has 4 nitrogen and oxygen atoms in total. The first kappa shape index (κ1) is 12.1. The van der Waals surface area contributed by atoms with Crippen LogP contribution in [0.4, 0.5) is 4.39 Å². The summed E-state index contributed by atoms with van der Waals surface area (Å²) in [7, 11) is 1.81. The minimum Gasteiger partial charge on any atom is -0.395 e. The van der Waals surface area contributed by atoms with Crippen molar-refractivity contribution >= 4 is 0 Å². The van der Waals surface area contributed by atoms with Crippen molar-refractivity contribution < 1.29 is 9.50 Å². The van der Waals surface area contributed by atoms with Gasteiger partial charge in [0, 0.05) is 32.4 Å². The topological polar surface area (TPSA) is 52.2 Å². The van der Waals surface area contributed by atoms with Crippen LogP contribution >= 0.6 is 0 Å². The average molecular weight is 237 g/mol. The van der Waals surface area contributed by atoms with Gasteiger partial charge in [-0.1, -0.05) is 0 Å². The number of halogens is 1. The SMILES string of the molecule is Cn1cc(CN2C[C@@H](F)C[C@H]2CO)cc1C#N. The van der Waals surface area contributed by atoms with Crippen molar-refractivity contribution in [3.63, 3.8) is 0 Å². The van der Waals surface area contributed by atoms with Crippen LogP contribution < -0.4 is 0 Å². The summed E-state index contributed by atoms with van der Waals surface area (Å²) in [5.41, 5.74) is 1.58. The fourth-order valence-electron chi connectivity index (χ4n) is 2.37. The summed E-state index contributed by atoms with van der Waals surface area (Å²) in [6, 6.07) is 3.80. The summed E-state index contributed by atoms with van der Waals surface area (Å²) in [5, 5.41) is 18.0. The van der Waals surface area contributed by atoms with E-state index in [-0.39, 0.29) is 12.6 Å². The van der Waals surface area contributed by atoms with Gasteiger partial charge in [-0.15, -0.1) is 0 Å². The fraction of sp³-hybridized carbons (Fsp3) is 0.583. The van der Waals surface area contributed by atoms with E-state index in [9.17, 15) is 9.50 Å². The average Bonchev–Trinajstić information content (AvgIpc) is 2.82. The molecule has 1 fully saturated rings. The minimum atomic E-state index is -0.855. The molecule has 2 rings (SSSR count). The zero-order valence-corrected chi connectivity index (χ0v) is 9.80. The monoisotopic (exact) mass is 237 g/mol. The van der Waals surface area contributed by atoms with Crippen molar-refractivity contribution in [1.29, 1.82) is 5.26 Å². The Morgan fingerprint density at radius 2 is 2.41 bits per heavy atom. The molecule has 0 radical (unpaired) electrons. The molecule has 2 atom stereocenters. The van der Waals surface area contributed by atoms with Crippen molar-refractivity contribution in [3.05, 3.63) is 23.5 Å². The first-order chi connectivity index (χ1) is 8.13. The van der Waals surface area contributed by atoms with Gasteiger partial charge in [-0.2, -0.15) is 5.26 Å². The predicted octanol–water partition coefficient (Wildman–Crippen LogP) is 0.801. The molecule has 0 bridgehead atoms. The summed E-state index contributed by atoms with van der Waals surface area (Å²) in [5.74, 6) is 0. The van der Waals surface area contributed by atoms with Crippen molar-refractivity contribution in [3.8, 4) is 6.07 Å². The van der Waals surface area contributed by atoms with Gasteiger partial charge in [-0.05, 0) is 18.1 Å². The van der Waals surface area contributed by atoms with Crippen LogP contribution in [-0.2, 0) is 13.6 Å². The highest BCUT2D eigenvalue weighted by Crippen LogP contribution is 2.22. The zero-order valence-electron chi connectivity index (χ0n) is 9.80. The molecule has 1 aliphatic heterocycles. The van der Waals surface area contributed by atoms with E-state index in [0.29, 0.717) is 25.2 Å². The largest absolute Gasteiger partial charge is 0.395 e. The highest BCUT2D eigenvalue weighted by atomic mass is 19.1. The maximum absolute atomic E-state index is 13.3. The summed E-state index contributed by atoms with van der Waals surface area (Å²) >= 11 is 0. The van der Waals surface area contributed by atoms with Crippen LogP contribution in [0.15, 0.2) is 12.3 Å². The summed E-state index contributed by atoms with van der Waals surface area (Å²) in [6.45, 7) is 0.932. The second kappa shape index (κ2) is 4.86. The lowest BCUT2D eigenvalue weighted by Gasteiger charge is -2.21. The van der Waals surface area contributed by atoms with Gasteiger partial charge in [0.25, 0.3) is 0 Å². The van der Waals surface area contributed by atoms with E-state index >= 15 is 0 Å². The maximum Gasteiger partial charge on any atom is 0.120 e. The van der Waals surface area contributed by atoms with Gasteiger partial charge in [0.05, 0.1) is 6.61 Å². The highest BCUT2D eigenvalue weighted by molar-refractivity contribution is 5.28. The lowest BCUT2D eigenvalue weighted by atomic mass is 10.2. The van der Waals surface area contributed by atoms with E-state index in [2.05, 4.69) is 6.07 Å². The molecule has 1 aliphatic rings. The van der Waals surface area contributed by atoms with E-state index in [1.165, 1.54) is 0 Å². The Kier molecular flexibility index (Phi) is 3.46. The lowest BCUT2D eigenvalue weighted by molar-refractivity contribution is 0.153. The number of alkyl halides is 1. The van der Waals surface area contributed by atoms with Crippen molar-refractivity contribution in [2.45, 2.75) is 25.2 Å². The Morgan fingerprint density at radius 3 is 3.00 bits per heavy atom. The molecular weight excluding hydrogens is 221 g/mol. The summed E-state index contributed by atoms with van der Waals surface area (Å²) in [6.07, 6.45) is 1.42. The van der Waals surface area contributed by atoms with Crippen LogP contribution in [0, 0.1) is 11.3 Å². The first-order valence-electron chi connectivity index (χ1n) is 5.68. The summed E-state index contributed by atoms with van der Waals surface area (Å²) < 4.78 is 15.0. The Bertz CT molecular complexity index is 437. The molecule has 0 saturated carbocycles. The molecule has 1 aromatic rings. The van der Waals surface area contributed by atoms with Gasteiger partial charge in [0.1, 0.15) is 17.9 Å². The van der Waals surface area contributed by atoms with E-state index in [1.54, 1.807) is 10.6 Å². The molecule has 1 aromatic heterocycles. The Balaban J connectivity index is 2.07. The van der Waals surface area contributed by atoms with Crippen molar-refractivity contribution in [2.24, 2.45) is 7.05 Å². The number of aliphatic hydroxyl groups is 1. The zero-order chi connectivity index (χ0) is 12.4. The number of hydrogen-bond donors (Lipinski definition) is 1. The quantitative estimate of drug-likeness (QED) is 0.846. The molecule has 92 valence electrons. The van der Waals surface area contributed by atoms with Crippen LogP contribution in [0.1, 0.15) is 17.7 Å². The van der Waals surface area contributed by atoms with Crippen LogP contribution in [0.5, 0.6) is 0 Å². The van der Waals surface area contributed by atoms with Gasteiger partial charge in [0.15, 0.2) is 0 Å². The van der Waals surface area contributed by atoms with Crippen LogP contribution in [-0.4, -0.2) is 39.9 Å². The number of rotatable bonds is 3. The second-order valence-corrected chi connectivity index (χ2v) is 4.56. The Morgan fingerprint density at radius 1 is 1.65 bits per heavy atom. The molecule has 0 aromatic carbocycles. The molecule has 5 heteroatoms. The number of likely N-dealkylation sites (tertiary alicyclic amines) is 1. The fourth-order valence-corrected chi connectivity index (χ4v) is 2.37. The molecule has 17 heavy (non-hydrogen) atoms. The smallest absolute Gasteiger partial charge is 0.120 e.